The summed E-state index contributed by atoms with van der Waals surface area (Å²) in [7, 11) is 0. The van der Waals surface area contributed by atoms with Gasteiger partial charge in [0.05, 0.1) is 11.7 Å². The first kappa shape index (κ1) is 14.1. The molecule has 4 heteroatoms. The summed E-state index contributed by atoms with van der Waals surface area (Å²) in [5.74, 6) is -0.480. The summed E-state index contributed by atoms with van der Waals surface area (Å²) in [5, 5.41) is 0. The average Bonchev–Trinajstić information content (AvgIpc) is 2.46. The highest BCUT2D eigenvalue weighted by molar-refractivity contribution is 6.02. The SMILES string of the molecule is CCC(C)(C(=O)c1cncc(F)c1)N1CCCCC1. The molecular formula is C15H21FN2O. The maximum absolute atomic E-state index is 13.2. The van der Waals surface area contributed by atoms with E-state index >= 15 is 0 Å². The van der Waals surface area contributed by atoms with E-state index in [1.54, 1.807) is 0 Å². The van der Waals surface area contributed by atoms with Crippen LogP contribution in [0.4, 0.5) is 4.39 Å². The van der Waals surface area contributed by atoms with E-state index < -0.39 is 11.4 Å². The van der Waals surface area contributed by atoms with Crippen molar-refractivity contribution in [3.05, 3.63) is 29.8 Å². The van der Waals surface area contributed by atoms with Crippen molar-refractivity contribution in [1.29, 1.82) is 0 Å². The van der Waals surface area contributed by atoms with Gasteiger partial charge in [0, 0.05) is 11.8 Å². The summed E-state index contributed by atoms with van der Waals surface area (Å²) in [6, 6.07) is 1.28. The number of hydrogen-bond acceptors (Lipinski definition) is 3. The summed E-state index contributed by atoms with van der Waals surface area (Å²) < 4.78 is 13.2. The zero-order chi connectivity index (χ0) is 13.9. The van der Waals surface area contributed by atoms with Crippen molar-refractivity contribution in [2.45, 2.75) is 45.1 Å². The van der Waals surface area contributed by atoms with E-state index in [1.807, 2.05) is 13.8 Å². The van der Waals surface area contributed by atoms with Gasteiger partial charge in [-0.1, -0.05) is 13.3 Å². The second-order valence-electron chi connectivity index (χ2n) is 5.40. The topological polar surface area (TPSA) is 33.2 Å². The minimum absolute atomic E-state index is 0.0242. The molecule has 0 radical (unpaired) electrons. The summed E-state index contributed by atoms with van der Waals surface area (Å²) in [4.78, 5) is 18.7. The minimum Gasteiger partial charge on any atom is -0.292 e. The largest absolute Gasteiger partial charge is 0.292 e. The van der Waals surface area contributed by atoms with Crippen LogP contribution in [-0.2, 0) is 0 Å². The summed E-state index contributed by atoms with van der Waals surface area (Å²) in [6.07, 6.45) is 6.80. The maximum atomic E-state index is 13.2. The van der Waals surface area contributed by atoms with Gasteiger partial charge < -0.3 is 0 Å². The third-order valence-corrected chi connectivity index (χ3v) is 4.20. The van der Waals surface area contributed by atoms with Gasteiger partial charge in [0.25, 0.3) is 0 Å². The van der Waals surface area contributed by atoms with Crippen LogP contribution < -0.4 is 0 Å². The van der Waals surface area contributed by atoms with Gasteiger partial charge in [0.15, 0.2) is 5.78 Å². The molecule has 1 unspecified atom stereocenters. The van der Waals surface area contributed by atoms with Gasteiger partial charge in [0.1, 0.15) is 5.82 Å². The first-order valence-corrected chi connectivity index (χ1v) is 6.98. The highest BCUT2D eigenvalue weighted by Crippen LogP contribution is 2.27. The summed E-state index contributed by atoms with van der Waals surface area (Å²) in [5.41, 5.74) is -0.175. The first-order valence-electron chi connectivity index (χ1n) is 6.98. The Balaban J connectivity index is 2.26. The molecule has 1 atom stereocenters. The van der Waals surface area contributed by atoms with Gasteiger partial charge in [-0.05, 0) is 45.3 Å². The first-order chi connectivity index (χ1) is 9.08. The van der Waals surface area contributed by atoms with E-state index in [2.05, 4.69) is 9.88 Å². The fraction of sp³-hybridized carbons (Fsp3) is 0.600. The van der Waals surface area contributed by atoms with Gasteiger partial charge in [0.2, 0.25) is 0 Å². The molecule has 1 aliphatic heterocycles. The van der Waals surface area contributed by atoms with E-state index in [1.165, 1.54) is 18.7 Å². The Hall–Kier alpha value is -1.29. The molecule has 19 heavy (non-hydrogen) atoms. The molecule has 0 spiro atoms. The number of hydrogen-bond donors (Lipinski definition) is 0. The van der Waals surface area contributed by atoms with Crippen molar-refractivity contribution in [3.63, 3.8) is 0 Å². The van der Waals surface area contributed by atoms with Gasteiger partial charge >= 0.3 is 0 Å². The highest BCUT2D eigenvalue weighted by Gasteiger charge is 2.38. The zero-order valence-electron chi connectivity index (χ0n) is 11.7. The Labute approximate surface area is 113 Å². The molecule has 104 valence electrons. The number of pyridine rings is 1. The van der Waals surface area contributed by atoms with E-state index in [9.17, 15) is 9.18 Å². The maximum Gasteiger partial charge on any atom is 0.184 e. The van der Waals surface area contributed by atoms with Crippen molar-refractivity contribution in [1.82, 2.24) is 9.88 Å². The predicted molar refractivity (Wildman–Crippen MR) is 72.6 cm³/mol. The van der Waals surface area contributed by atoms with Crippen LogP contribution in [0.5, 0.6) is 0 Å². The molecule has 1 aromatic rings. The Morgan fingerprint density at radius 2 is 2.05 bits per heavy atom. The van der Waals surface area contributed by atoms with Crippen LogP contribution in [-0.4, -0.2) is 34.3 Å². The molecule has 1 fully saturated rings. The van der Waals surface area contributed by atoms with Crippen LogP contribution in [0.25, 0.3) is 0 Å². The van der Waals surface area contributed by atoms with Crippen molar-refractivity contribution >= 4 is 5.78 Å². The summed E-state index contributed by atoms with van der Waals surface area (Å²) in [6.45, 7) is 5.86. The predicted octanol–water partition coefficient (Wildman–Crippen LogP) is 3.06. The Morgan fingerprint density at radius 1 is 1.37 bits per heavy atom. The molecule has 3 nitrogen and oxygen atoms in total. The van der Waals surface area contributed by atoms with Gasteiger partial charge in [-0.25, -0.2) is 4.39 Å². The van der Waals surface area contributed by atoms with Crippen LogP contribution in [0.3, 0.4) is 0 Å². The number of ketones is 1. The van der Waals surface area contributed by atoms with E-state index in [0.29, 0.717) is 5.56 Å². The van der Waals surface area contributed by atoms with Crippen LogP contribution in [0.15, 0.2) is 18.5 Å². The number of Topliss-reactive ketones (excluding diaryl/α,β-unsaturated/α-hetero) is 1. The van der Waals surface area contributed by atoms with Gasteiger partial charge in [-0.3, -0.25) is 14.7 Å². The zero-order valence-corrected chi connectivity index (χ0v) is 11.7. The lowest BCUT2D eigenvalue weighted by atomic mass is 9.86. The quantitative estimate of drug-likeness (QED) is 0.784. The lowest BCUT2D eigenvalue weighted by Crippen LogP contribution is -2.53. The van der Waals surface area contributed by atoms with Crippen LogP contribution in [0.1, 0.15) is 49.9 Å². The van der Waals surface area contributed by atoms with Gasteiger partial charge in [-0.15, -0.1) is 0 Å². The Bertz CT molecular complexity index is 457. The number of aromatic nitrogens is 1. The number of rotatable bonds is 4. The molecule has 1 aliphatic rings. The molecule has 0 aliphatic carbocycles. The number of carbonyl (C=O) groups excluding carboxylic acids is 1. The molecule has 1 saturated heterocycles. The van der Waals surface area contributed by atoms with Crippen molar-refractivity contribution in [2.24, 2.45) is 0 Å². The lowest BCUT2D eigenvalue weighted by molar-refractivity contribution is 0.0504. The molecular weight excluding hydrogens is 243 g/mol. The number of halogens is 1. The van der Waals surface area contributed by atoms with Crippen LogP contribution >= 0.6 is 0 Å². The molecule has 1 aromatic heterocycles. The molecule has 2 heterocycles. The normalized spacial score (nSPS) is 19.9. The van der Waals surface area contributed by atoms with Gasteiger partial charge in [-0.2, -0.15) is 0 Å². The third kappa shape index (κ3) is 2.84. The van der Waals surface area contributed by atoms with Crippen molar-refractivity contribution < 1.29 is 9.18 Å². The summed E-state index contributed by atoms with van der Waals surface area (Å²) >= 11 is 0. The molecule has 0 bridgehead atoms. The fourth-order valence-electron chi connectivity index (χ4n) is 2.76. The minimum atomic E-state index is -0.546. The molecule has 0 saturated carbocycles. The van der Waals surface area contributed by atoms with Crippen molar-refractivity contribution in [3.8, 4) is 0 Å². The fourth-order valence-corrected chi connectivity index (χ4v) is 2.76. The average molecular weight is 264 g/mol. The molecule has 0 amide bonds. The Morgan fingerprint density at radius 3 is 2.63 bits per heavy atom. The molecule has 2 rings (SSSR count). The molecule has 0 aromatic carbocycles. The van der Waals surface area contributed by atoms with Crippen LogP contribution in [0.2, 0.25) is 0 Å². The standard InChI is InChI=1S/C15H21FN2O/c1-3-15(2,18-7-5-4-6-8-18)14(19)12-9-13(16)11-17-10-12/h9-11H,3-8H2,1-2H3. The van der Waals surface area contributed by atoms with E-state index in [-0.39, 0.29) is 5.78 Å². The third-order valence-electron chi connectivity index (χ3n) is 4.20. The number of piperidine rings is 1. The molecule has 0 N–H and O–H groups in total. The number of likely N-dealkylation sites (tertiary alicyclic amines) is 1. The monoisotopic (exact) mass is 264 g/mol. The van der Waals surface area contributed by atoms with Crippen molar-refractivity contribution in [2.75, 3.05) is 13.1 Å². The van der Waals surface area contributed by atoms with Crippen LogP contribution in [0, 0.1) is 5.82 Å². The second-order valence-corrected chi connectivity index (χ2v) is 5.40. The van der Waals surface area contributed by atoms with E-state index in [4.69, 9.17) is 0 Å². The smallest absolute Gasteiger partial charge is 0.184 e. The lowest BCUT2D eigenvalue weighted by Gasteiger charge is -2.41. The number of carbonyl (C=O) groups is 1. The Kier molecular flexibility index (Phi) is 4.30. The highest BCUT2D eigenvalue weighted by atomic mass is 19.1. The second kappa shape index (κ2) is 5.78. The number of nitrogens with zero attached hydrogens (tertiary/aromatic N) is 2. The van der Waals surface area contributed by atoms with E-state index in [0.717, 1.165) is 38.5 Å².